The third-order valence-electron chi connectivity index (χ3n) is 2.29. The normalized spacial score (nSPS) is 21.6. The summed E-state index contributed by atoms with van der Waals surface area (Å²) in [6, 6.07) is 0.796. The van der Waals surface area contributed by atoms with Crippen LogP contribution in [0.1, 0.15) is 33.6 Å². The lowest BCUT2D eigenvalue weighted by Gasteiger charge is -2.20. The first-order valence-corrected chi connectivity index (χ1v) is 4.49. The molecule has 1 heteroatoms. The Kier molecular flexibility index (Phi) is 2.72. The van der Waals surface area contributed by atoms with Crippen molar-refractivity contribution in [2.45, 2.75) is 39.7 Å². The molecule has 1 N–H and O–H groups in total. The largest absolute Gasteiger partial charge is 0.314 e. The SMILES string of the molecule is CCNC(C(C)C)C1CC1. The van der Waals surface area contributed by atoms with Crippen molar-refractivity contribution in [3.05, 3.63) is 0 Å². The Morgan fingerprint density at radius 3 is 2.30 bits per heavy atom. The summed E-state index contributed by atoms with van der Waals surface area (Å²) in [7, 11) is 0. The van der Waals surface area contributed by atoms with E-state index in [4.69, 9.17) is 0 Å². The van der Waals surface area contributed by atoms with E-state index in [0.717, 1.165) is 24.4 Å². The van der Waals surface area contributed by atoms with Crippen LogP contribution < -0.4 is 5.32 Å². The van der Waals surface area contributed by atoms with Gasteiger partial charge in [0.15, 0.2) is 0 Å². The molecule has 1 rings (SSSR count). The number of hydrogen-bond donors (Lipinski definition) is 1. The molecular weight excluding hydrogens is 122 g/mol. The maximum Gasteiger partial charge on any atom is 0.0118 e. The van der Waals surface area contributed by atoms with Crippen LogP contribution in [0.15, 0.2) is 0 Å². The van der Waals surface area contributed by atoms with Crippen LogP contribution in [-0.2, 0) is 0 Å². The predicted octanol–water partition coefficient (Wildman–Crippen LogP) is 2.03. The molecule has 0 aromatic rings. The van der Waals surface area contributed by atoms with Gasteiger partial charge in [0.05, 0.1) is 0 Å². The average molecular weight is 141 g/mol. The molecule has 1 saturated carbocycles. The highest BCUT2D eigenvalue weighted by atomic mass is 14.9. The van der Waals surface area contributed by atoms with Crippen molar-refractivity contribution in [2.24, 2.45) is 11.8 Å². The molecule has 0 bridgehead atoms. The minimum atomic E-state index is 0.796. The lowest BCUT2D eigenvalue weighted by molar-refractivity contribution is 0.368. The van der Waals surface area contributed by atoms with Crippen molar-refractivity contribution in [1.82, 2.24) is 5.32 Å². The van der Waals surface area contributed by atoms with Crippen molar-refractivity contribution in [3.8, 4) is 0 Å². The van der Waals surface area contributed by atoms with Gasteiger partial charge < -0.3 is 5.32 Å². The van der Waals surface area contributed by atoms with E-state index >= 15 is 0 Å². The summed E-state index contributed by atoms with van der Waals surface area (Å²) in [5.74, 6) is 1.81. The van der Waals surface area contributed by atoms with Crippen LogP contribution in [0.5, 0.6) is 0 Å². The van der Waals surface area contributed by atoms with Crippen LogP contribution >= 0.6 is 0 Å². The van der Waals surface area contributed by atoms with Crippen LogP contribution in [0.4, 0.5) is 0 Å². The zero-order chi connectivity index (χ0) is 7.56. The molecule has 10 heavy (non-hydrogen) atoms. The third-order valence-corrected chi connectivity index (χ3v) is 2.29. The van der Waals surface area contributed by atoms with Crippen LogP contribution in [0, 0.1) is 11.8 Å². The Labute approximate surface area is 64.2 Å². The van der Waals surface area contributed by atoms with Crippen LogP contribution in [-0.4, -0.2) is 12.6 Å². The fraction of sp³-hybridized carbons (Fsp3) is 1.00. The lowest BCUT2D eigenvalue weighted by atomic mass is 10.00. The van der Waals surface area contributed by atoms with E-state index in [-0.39, 0.29) is 0 Å². The summed E-state index contributed by atoms with van der Waals surface area (Å²) in [5.41, 5.74) is 0. The van der Waals surface area contributed by atoms with Gasteiger partial charge in [-0.05, 0) is 31.2 Å². The van der Waals surface area contributed by atoms with Crippen molar-refractivity contribution in [3.63, 3.8) is 0 Å². The lowest BCUT2D eigenvalue weighted by Crippen LogP contribution is -2.35. The molecular formula is C9H19N. The quantitative estimate of drug-likeness (QED) is 0.631. The van der Waals surface area contributed by atoms with Crippen molar-refractivity contribution >= 4 is 0 Å². The molecule has 1 unspecified atom stereocenters. The first-order valence-electron chi connectivity index (χ1n) is 4.49. The van der Waals surface area contributed by atoms with Crippen LogP contribution in [0.3, 0.4) is 0 Å². The molecule has 0 aromatic heterocycles. The summed E-state index contributed by atoms with van der Waals surface area (Å²) in [6.45, 7) is 7.94. The smallest absolute Gasteiger partial charge is 0.0118 e. The summed E-state index contributed by atoms with van der Waals surface area (Å²) in [6.07, 6.45) is 2.91. The number of hydrogen-bond acceptors (Lipinski definition) is 1. The fourth-order valence-corrected chi connectivity index (χ4v) is 1.64. The minimum Gasteiger partial charge on any atom is -0.314 e. The van der Waals surface area contributed by atoms with E-state index in [9.17, 15) is 0 Å². The molecule has 1 aliphatic carbocycles. The third kappa shape index (κ3) is 1.98. The molecule has 0 aliphatic heterocycles. The molecule has 1 nitrogen and oxygen atoms in total. The van der Waals surface area contributed by atoms with Gasteiger partial charge in [-0.25, -0.2) is 0 Å². The maximum atomic E-state index is 3.54. The van der Waals surface area contributed by atoms with Gasteiger partial charge in [-0.15, -0.1) is 0 Å². The minimum absolute atomic E-state index is 0.796. The van der Waals surface area contributed by atoms with Gasteiger partial charge in [0, 0.05) is 6.04 Å². The highest BCUT2D eigenvalue weighted by molar-refractivity contribution is 4.87. The Balaban J connectivity index is 2.26. The van der Waals surface area contributed by atoms with E-state index in [1.807, 2.05) is 0 Å². The first-order chi connectivity index (χ1) is 4.75. The van der Waals surface area contributed by atoms with Gasteiger partial charge in [0.2, 0.25) is 0 Å². The highest BCUT2D eigenvalue weighted by Gasteiger charge is 2.32. The topological polar surface area (TPSA) is 12.0 Å². The molecule has 60 valence electrons. The molecule has 0 aromatic carbocycles. The molecule has 1 atom stereocenters. The monoisotopic (exact) mass is 141 g/mol. The summed E-state index contributed by atoms with van der Waals surface area (Å²) in [4.78, 5) is 0. The van der Waals surface area contributed by atoms with Crippen molar-refractivity contribution in [2.75, 3.05) is 6.54 Å². The van der Waals surface area contributed by atoms with Gasteiger partial charge in [0.25, 0.3) is 0 Å². The van der Waals surface area contributed by atoms with E-state index in [1.54, 1.807) is 0 Å². The van der Waals surface area contributed by atoms with E-state index in [1.165, 1.54) is 12.8 Å². The second kappa shape index (κ2) is 3.38. The Morgan fingerprint density at radius 1 is 1.40 bits per heavy atom. The second-order valence-electron chi connectivity index (χ2n) is 3.66. The van der Waals surface area contributed by atoms with Crippen LogP contribution in [0.2, 0.25) is 0 Å². The van der Waals surface area contributed by atoms with Crippen molar-refractivity contribution < 1.29 is 0 Å². The number of rotatable bonds is 4. The Bertz CT molecular complexity index is 92.9. The summed E-state index contributed by atoms with van der Waals surface area (Å²) >= 11 is 0. The average Bonchev–Trinajstić information content (AvgIpc) is 2.63. The maximum absolute atomic E-state index is 3.54. The molecule has 0 amide bonds. The zero-order valence-corrected chi connectivity index (χ0v) is 7.35. The zero-order valence-electron chi connectivity index (χ0n) is 7.35. The van der Waals surface area contributed by atoms with Gasteiger partial charge >= 0.3 is 0 Å². The Morgan fingerprint density at radius 2 is 2.00 bits per heavy atom. The van der Waals surface area contributed by atoms with Gasteiger partial charge in [-0.1, -0.05) is 20.8 Å². The fourth-order valence-electron chi connectivity index (χ4n) is 1.64. The van der Waals surface area contributed by atoms with Gasteiger partial charge in [-0.3, -0.25) is 0 Å². The number of nitrogens with one attached hydrogen (secondary N) is 1. The van der Waals surface area contributed by atoms with E-state index < -0.39 is 0 Å². The van der Waals surface area contributed by atoms with Gasteiger partial charge in [0.1, 0.15) is 0 Å². The van der Waals surface area contributed by atoms with E-state index in [2.05, 4.69) is 26.1 Å². The Hall–Kier alpha value is -0.0400. The predicted molar refractivity (Wildman–Crippen MR) is 45.0 cm³/mol. The molecule has 0 heterocycles. The molecule has 1 fully saturated rings. The highest BCUT2D eigenvalue weighted by Crippen LogP contribution is 2.35. The summed E-state index contributed by atoms with van der Waals surface area (Å²) < 4.78 is 0. The first kappa shape index (κ1) is 8.06. The molecule has 1 aliphatic rings. The standard InChI is InChI=1S/C9H19N/c1-4-10-9(7(2)3)8-5-6-8/h7-10H,4-6H2,1-3H3. The molecule has 0 saturated heterocycles. The summed E-state index contributed by atoms with van der Waals surface area (Å²) in [5, 5.41) is 3.54. The van der Waals surface area contributed by atoms with Crippen molar-refractivity contribution in [1.29, 1.82) is 0 Å². The van der Waals surface area contributed by atoms with E-state index in [0.29, 0.717) is 0 Å². The second-order valence-corrected chi connectivity index (χ2v) is 3.66. The van der Waals surface area contributed by atoms with Gasteiger partial charge in [-0.2, -0.15) is 0 Å². The molecule has 0 spiro atoms. The van der Waals surface area contributed by atoms with Crippen LogP contribution in [0.25, 0.3) is 0 Å². The molecule has 0 radical (unpaired) electrons.